The molecule has 0 fully saturated rings. The number of carbonyl (C=O) groups excluding carboxylic acids is 1. The van der Waals surface area contributed by atoms with Crippen LogP contribution in [-0.4, -0.2) is 11.3 Å². The quantitative estimate of drug-likeness (QED) is 0.723. The Balaban J connectivity index is 2.88. The van der Waals surface area contributed by atoms with Gasteiger partial charge in [-0.05, 0) is 23.6 Å². The van der Waals surface area contributed by atoms with Gasteiger partial charge in [-0.3, -0.25) is 0 Å². The molecule has 0 aliphatic carbocycles. The van der Waals surface area contributed by atoms with Gasteiger partial charge in [0.15, 0.2) is 0 Å². The zero-order chi connectivity index (χ0) is 8.97. The van der Waals surface area contributed by atoms with E-state index in [2.05, 4.69) is 15.9 Å². The van der Waals surface area contributed by atoms with Crippen molar-refractivity contribution >= 4 is 21.9 Å². The van der Waals surface area contributed by atoms with Crippen LogP contribution in [-0.2, 0) is 6.42 Å². The van der Waals surface area contributed by atoms with Crippen molar-refractivity contribution in [2.24, 2.45) is 0 Å². The van der Waals surface area contributed by atoms with E-state index in [1.165, 1.54) is 6.07 Å². The Labute approximate surface area is 79.3 Å². The van der Waals surface area contributed by atoms with Crippen molar-refractivity contribution in [3.05, 3.63) is 35.4 Å². The van der Waals surface area contributed by atoms with Crippen molar-refractivity contribution in [1.82, 2.24) is 0 Å². The summed E-state index contributed by atoms with van der Waals surface area (Å²) in [6.07, 6.45) is 0.834. The lowest BCUT2D eigenvalue weighted by atomic mass is 10.1. The minimum atomic E-state index is -1.12. The fourth-order valence-electron chi connectivity index (χ4n) is 0.963. The second-order valence-electron chi connectivity index (χ2n) is 2.43. The third-order valence-corrected chi connectivity index (χ3v) is 1.94. The molecule has 0 amide bonds. The smallest absolute Gasteiger partial charge is 0.0715 e. The SMILES string of the molecule is O=C([O-])c1cccc(CCBr)c1. The standard InChI is InChI=1S/C9H9BrO2/c10-5-4-7-2-1-3-8(6-7)9(11)12/h1-3,6H,4-5H2,(H,11,12)/p-1. The fraction of sp³-hybridized carbons (Fsp3) is 0.222. The summed E-state index contributed by atoms with van der Waals surface area (Å²) in [4.78, 5) is 10.4. The number of hydrogen-bond donors (Lipinski definition) is 0. The molecule has 1 rings (SSSR count). The van der Waals surface area contributed by atoms with Gasteiger partial charge in [0.1, 0.15) is 0 Å². The number of rotatable bonds is 3. The summed E-state index contributed by atoms with van der Waals surface area (Å²) in [7, 11) is 0. The van der Waals surface area contributed by atoms with Gasteiger partial charge in [0, 0.05) is 5.33 Å². The minimum Gasteiger partial charge on any atom is -0.545 e. The summed E-state index contributed by atoms with van der Waals surface area (Å²) in [5.41, 5.74) is 1.25. The molecule has 0 aliphatic heterocycles. The molecule has 3 heteroatoms. The maximum atomic E-state index is 10.4. The van der Waals surface area contributed by atoms with Gasteiger partial charge in [0.05, 0.1) is 5.97 Å². The lowest BCUT2D eigenvalue weighted by Crippen LogP contribution is -2.22. The number of carboxylic acids is 1. The van der Waals surface area contributed by atoms with E-state index in [-0.39, 0.29) is 5.56 Å². The van der Waals surface area contributed by atoms with Crippen LogP contribution in [0.25, 0.3) is 0 Å². The average molecular weight is 228 g/mol. The fourth-order valence-corrected chi connectivity index (χ4v) is 1.42. The molecule has 0 bridgehead atoms. The number of hydrogen-bond acceptors (Lipinski definition) is 2. The molecule has 0 saturated heterocycles. The Bertz CT molecular complexity index is 284. The number of carbonyl (C=O) groups is 1. The number of halogens is 1. The van der Waals surface area contributed by atoms with Gasteiger partial charge in [-0.2, -0.15) is 0 Å². The predicted octanol–water partition coefficient (Wildman–Crippen LogP) is 0.988. The van der Waals surface area contributed by atoms with E-state index in [0.717, 1.165) is 17.3 Å². The lowest BCUT2D eigenvalue weighted by Gasteiger charge is -2.03. The van der Waals surface area contributed by atoms with Crippen LogP contribution in [0.2, 0.25) is 0 Å². The van der Waals surface area contributed by atoms with Crippen molar-refractivity contribution in [3.63, 3.8) is 0 Å². The van der Waals surface area contributed by atoms with Crippen molar-refractivity contribution in [3.8, 4) is 0 Å². The van der Waals surface area contributed by atoms with E-state index in [1.807, 2.05) is 6.07 Å². The molecule has 64 valence electrons. The molecule has 0 heterocycles. The van der Waals surface area contributed by atoms with Gasteiger partial charge in [-0.1, -0.05) is 34.1 Å². The highest BCUT2D eigenvalue weighted by Gasteiger charge is 1.95. The van der Waals surface area contributed by atoms with Crippen molar-refractivity contribution in [2.75, 3.05) is 5.33 Å². The molecule has 0 radical (unpaired) electrons. The van der Waals surface area contributed by atoms with E-state index in [4.69, 9.17) is 0 Å². The van der Waals surface area contributed by atoms with Crippen molar-refractivity contribution < 1.29 is 9.90 Å². The molecule has 0 saturated carbocycles. The van der Waals surface area contributed by atoms with Gasteiger partial charge in [-0.15, -0.1) is 0 Å². The molecule has 2 nitrogen and oxygen atoms in total. The second kappa shape index (κ2) is 4.26. The van der Waals surface area contributed by atoms with Gasteiger partial charge in [-0.25, -0.2) is 0 Å². The first kappa shape index (κ1) is 9.26. The summed E-state index contributed by atoms with van der Waals surface area (Å²) in [5, 5.41) is 11.3. The van der Waals surface area contributed by atoms with E-state index in [1.54, 1.807) is 12.1 Å². The minimum absolute atomic E-state index is 0.244. The molecular formula is C9H8BrO2-. The van der Waals surface area contributed by atoms with Gasteiger partial charge in [0.25, 0.3) is 0 Å². The van der Waals surface area contributed by atoms with Crippen LogP contribution in [0.4, 0.5) is 0 Å². The van der Waals surface area contributed by atoms with E-state index in [9.17, 15) is 9.90 Å². The van der Waals surface area contributed by atoms with E-state index in [0.29, 0.717) is 0 Å². The number of benzene rings is 1. The van der Waals surface area contributed by atoms with Gasteiger partial charge < -0.3 is 9.90 Å². The molecule has 0 aliphatic rings. The first-order chi connectivity index (χ1) is 5.74. The van der Waals surface area contributed by atoms with Crippen LogP contribution in [0, 0.1) is 0 Å². The summed E-state index contributed by atoms with van der Waals surface area (Å²) in [5.74, 6) is -1.12. The van der Waals surface area contributed by atoms with Crippen LogP contribution in [0.1, 0.15) is 15.9 Å². The average Bonchev–Trinajstić information content (AvgIpc) is 2.05. The summed E-state index contributed by atoms with van der Waals surface area (Å²) in [6.45, 7) is 0. The lowest BCUT2D eigenvalue weighted by molar-refractivity contribution is -0.255. The van der Waals surface area contributed by atoms with Gasteiger partial charge >= 0.3 is 0 Å². The molecule has 12 heavy (non-hydrogen) atoms. The molecular weight excluding hydrogens is 220 g/mol. The molecule has 1 aromatic carbocycles. The Morgan fingerprint density at radius 3 is 2.83 bits per heavy atom. The highest BCUT2D eigenvalue weighted by Crippen LogP contribution is 2.06. The predicted molar refractivity (Wildman–Crippen MR) is 48.3 cm³/mol. The number of alkyl halides is 1. The largest absolute Gasteiger partial charge is 0.545 e. The molecule has 1 aromatic rings. The van der Waals surface area contributed by atoms with Crippen LogP contribution in [0.3, 0.4) is 0 Å². The van der Waals surface area contributed by atoms with Crippen molar-refractivity contribution in [2.45, 2.75) is 6.42 Å². The highest BCUT2D eigenvalue weighted by molar-refractivity contribution is 9.09. The molecule has 0 aromatic heterocycles. The van der Waals surface area contributed by atoms with Crippen LogP contribution >= 0.6 is 15.9 Å². The topological polar surface area (TPSA) is 40.1 Å². The Morgan fingerprint density at radius 2 is 2.25 bits per heavy atom. The third kappa shape index (κ3) is 2.34. The third-order valence-electron chi connectivity index (χ3n) is 1.55. The zero-order valence-electron chi connectivity index (χ0n) is 6.42. The van der Waals surface area contributed by atoms with E-state index < -0.39 is 5.97 Å². The van der Waals surface area contributed by atoms with Crippen LogP contribution in [0.15, 0.2) is 24.3 Å². The Morgan fingerprint density at radius 1 is 1.50 bits per heavy atom. The van der Waals surface area contributed by atoms with Crippen molar-refractivity contribution in [1.29, 1.82) is 0 Å². The highest BCUT2D eigenvalue weighted by atomic mass is 79.9. The number of aryl methyl sites for hydroxylation is 1. The normalized spacial score (nSPS) is 9.75. The Hall–Kier alpha value is -0.830. The molecule has 0 N–H and O–H groups in total. The molecule has 0 unspecified atom stereocenters. The molecule has 0 spiro atoms. The Kier molecular flexibility index (Phi) is 3.29. The molecule has 0 atom stereocenters. The second-order valence-corrected chi connectivity index (χ2v) is 3.22. The monoisotopic (exact) mass is 227 g/mol. The summed E-state index contributed by atoms with van der Waals surface area (Å²) < 4.78 is 0. The van der Waals surface area contributed by atoms with E-state index >= 15 is 0 Å². The maximum absolute atomic E-state index is 10.4. The number of aromatic carboxylic acids is 1. The summed E-state index contributed by atoms with van der Waals surface area (Å²) >= 11 is 3.28. The summed E-state index contributed by atoms with van der Waals surface area (Å²) in [6, 6.07) is 6.79. The van der Waals surface area contributed by atoms with Crippen LogP contribution < -0.4 is 5.11 Å². The number of carboxylic acid groups (broad SMARTS) is 1. The van der Waals surface area contributed by atoms with Crippen LogP contribution in [0.5, 0.6) is 0 Å². The first-order valence-corrected chi connectivity index (χ1v) is 4.72. The first-order valence-electron chi connectivity index (χ1n) is 3.60. The maximum Gasteiger partial charge on any atom is 0.0715 e. The zero-order valence-corrected chi connectivity index (χ0v) is 8.00. The van der Waals surface area contributed by atoms with Gasteiger partial charge in [0.2, 0.25) is 0 Å².